The molecule has 1 aliphatic rings. The molecule has 23 heavy (non-hydrogen) atoms. The number of nitriles is 1. The first-order valence-electron chi connectivity index (χ1n) is 7.84. The van der Waals surface area contributed by atoms with Crippen LogP contribution in [-0.2, 0) is 13.0 Å². The highest BCUT2D eigenvalue weighted by Crippen LogP contribution is 2.36. The van der Waals surface area contributed by atoms with E-state index in [0.717, 1.165) is 18.4 Å². The number of benzene rings is 2. The second-order valence-electron chi connectivity index (χ2n) is 5.86. The van der Waals surface area contributed by atoms with Gasteiger partial charge < -0.3 is 5.11 Å². The lowest BCUT2D eigenvalue weighted by molar-refractivity contribution is 0.142. The first kappa shape index (κ1) is 15.7. The molecular formula is C19H19FN2O. The van der Waals surface area contributed by atoms with Crippen LogP contribution in [-0.4, -0.2) is 23.2 Å². The molecule has 0 radical (unpaired) electrons. The number of nitrogens with zero attached hydrogens (tertiary/aromatic N) is 2. The fourth-order valence-corrected chi connectivity index (χ4v) is 3.40. The topological polar surface area (TPSA) is 47.3 Å². The number of halogens is 1. The van der Waals surface area contributed by atoms with E-state index in [2.05, 4.69) is 23.1 Å². The van der Waals surface area contributed by atoms with Crippen LogP contribution in [0.4, 0.5) is 4.39 Å². The molecule has 2 aromatic rings. The van der Waals surface area contributed by atoms with Gasteiger partial charge in [0, 0.05) is 19.1 Å². The summed E-state index contributed by atoms with van der Waals surface area (Å²) in [6.07, 6.45) is 2.03. The molecule has 0 heterocycles. The van der Waals surface area contributed by atoms with Gasteiger partial charge in [-0.1, -0.05) is 30.3 Å². The van der Waals surface area contributed by atoms with Gasteiger partial charge in [-0.05, 0) is 41.7 Å². The minimum absolute atomic E-state index is 0.0573. The van der Waals surface area contributed by atoms with Gasteiger partial charge in [0.05, 0.1) is 18.2 Å². The van der Waals surface area contributed by atoms with Gasteiger partial charge in [-0.25, -0.2) is 4.39 Å². The molecule has 0 fully saturated rings. The predicted octanol–water partition coefficient (Wildman–Crippen LogP) is 3.18. The average Bonchev–Trinajstić information content (AvgIpc) is 3.00. The van der Waals surface area contributed by atoms with Crippen LogP contribution in [0.5, 0.6) is 0 Å². The fourth-order valence-electron chi connectivity index (χ4n) is 3.40. The summed E-state index contributed by atoms with van der Waals surface area (Å²) in [4.78, 5) is 2.18. The van der Waals surface area contributed by atoms with Crippen molar-refractivity contribution in [1.82, 2.24) is 4.90 Å². The van der Waals surface area contributed by atoms with Crippen molar-refractivity contribution in [2.75, 3.05) is 13.2 Å². The molecule has 2 aromatic carbocycles. The molecule has 1 unspecified atom stereocenters. The third-order valence-corrected chi connectivity index (χ3v) is 4.49. The number of rotatable bonds is 5. The Morgan fingerprint density at radius 3 is 2.87 bits per heavy atom. The zero-order valence-corrected chi connectivity index (χ0v) is 12.9. The fraction of sp³-hybridized carbons (Fsp3) is 0.316. The van der Waals surface area contributed by atoms with Crippen LogP contribution < -0.4 is 0 Å². The molecular weight excluding hydrogens is 291 g/mol. The maximum atomic E-state index is 13.3. The monoisotopic (exact) mass is 310 g/mol. The highest BCUT2D eigenvalue weighted by Gasteiger charge is 2.27. The van der Waals surface area contributed by atoms with Gasteiger partial charge in [0.2, 0.25) is 0 Å². The minimum Gasteiger partial charge on any atom is -0.395 e. The van der Waals surface area contributed by atoms with E-state index in [4.69, 9.17) is 0 Å². The molecule has 4 heteroatoms. The number of aryl methyl sites for hydroxylation is 1. The Hall–Kier alpha value is -2.22. The number of hydrogen-bond acceptors (Lipinski definition) is 3. The average molecular weight is 310 g/mol. The Kier molecular flexibility index (Phi) is 4.71. The summed E-state index contributed by atoms with van der Waals surface area (Å²) in [5.74, 6) is -0.398. The Balaban J connectivity index is 1.88. The first-order valence-corrected chi connectivity index (χ1v) is 7.84. The van der Waals surface area contributed by atoms with Gasteiger partial charge in [0.1, 0.15) is 5.82 Å². The van der Waals surface area contributed by atoms with Crippen LogP contribution in [0.1, 0.15) is 34.7 Å². The van der Waals surface area contributed by atoms with Crippen molar-refractivity contribution in [2.24, 2.45) is 0 Å². The molecule has 1 N–H and O–H groups in total. The number of aliphatic hydroxyl groups is 1. The second kappa shape index (κ2) is 6.91. The maximum absolute atomic E-state index is 13.3. The van der Waals surface area contributed by atoms with E-state index in [1.807, 2.05) is 12.1 Å². The van der Waals surface area contributed by atoms with E-state index in [1.165, 1.54) is 23.3 Å². The zero-order valence-electron chi connectivity index (χ0n) is 12.9. The molecule has 0 bridgehead atoms. The number of aliphatic hydroxyl groups excluding tert-OH is 1. The van der Waals surface area contributed by atoms with Crippen LogP contribution in [0.3, 0.4) is 0 Å². The third-order valence-electron chi connectivity index (χ3n) is 4.49. The lowest BCUT2D eigenvalue weighted by atomic mass is 10.0. The normalized spacial score (nSPS) is 16.3. The molecule has 0 aromatic heterocycles. The van der Waals surface area contributed by atoms with Crippen LogP contribution in [0.15, 0.2) is 42.5 Å². The van der Waals surface area contributed by atoms with Gasteiger partial charge >= 0.3 is 0 Å². The zero-order chi connectivity index (χ0) is 16.2. The van der Waals surface area contributed by atoms with E-state index in [-0.39, 0.29) is 12.6 Å². The van der Waals surface area contributed by atoms with Crippen molar-refractivity contribution >= 4 is 0 Å². The summed E-state index contributed by atoms with van der Waals surface area (Å²) in [5.41, 5.74) is 3.80. The summed E-state index contributed by atoms with van der Waals surface area (Å²) in [5, 5.41) is 18.7. The summed E-state index contributed by atoms with van der Waals surface area (Å²) in [6.45, 7) is 1.12. The van der Waals surface area contributed by atoms with Crippen molar-refractivity contribution in [3.05, 3.63) is 70.5 Å². The molecule has 0 aliphatic heterocycles. The molecule has 0 saturated heterocycles. The van der Waals surface area contributed by atoms with Crippen LogP contribution >= 0.6 is 0 Å². The van der Waals surface area contributed by atoms with Crippen molar-refractivity contribution in [1.29, 1.82) is 5.26 Å². The van der Waals surface area contributed by atoms with Crippen LogP contribution in [0, 0.1) is 17.1 Å². The third kappa shape index (κ3) is 3.26. The summed E-state index contributed by atoms with van der Waals surface area (Å²) in [6, 6.07) is 15.0. The second-order valence-corrected chi connectivity index (χ2v) is 5.86. The molecule has 1 aliphatic carbocycles. The number of fused-ring (bicyclic) bond motifs is 1. The standard InChI is InChI=1S/C19H19FN2O/c20-17-7-5-15(16(11-17)12-21)13-22(9-10-23)19-8-6-14-3-1-2-4-18(14)19/h1-5,7,11,19,23H,6,8-10,13H2. The minimum atomic E-state index is -0.398. The van der Waals surface area contributed by atoms with Gasteiger partial charge in [-0.15, -0.1) is 0 Å². The quantitative estimate of drug-likeness (QED) is 0.922. The van der Waals surface area contributed by atoms with E-state index in [1.54, 1.807) is 6.07 Å². The van der Waals surface area contributed by atoms with Crippen molar-refractivity contribution in [3.8, 4) is 6.07 Å². The van der Waals surface area contributed by atoms with Crippen molar-refractivity contribution < 1.29 is 9.50 Å². The van der Waals surface area contributed by atoms with E-state index >= 15 is 0 Å². The maximum Gasteiger partial charge on any atom is 0.124 e. The molecule has 0 amide bonds. The number of hydrogen-bond donors (Lipinski definition) is 1. The van der Waals surface area contributed by atoms with Crippen LogP contribution in [0.25, 0.3) is 0 Å². The summed E-state index contributed by atoms with van der Waals surface area (Å²) in [7, 11) is 0. The molecule has 0 saturated carbocycles. The van der Waals surface area contributed by atoms with Crippen LogP contribution in [0.2, 0.25) is 0 Å². The Bertz CT molecular complexity index is 738. The molecule has 1 atom stereocenters. The smallest absolute Gasteiger partial charge is 0.124 e. The lowest BCUT2D eigenvalue weighted by Crippen LogP contribution is -2.30. The van der Waals surface area contributed by atoms with E-state index in [9.17, 15) is 14.8 Å². The highest BCUT2D eigenvalue weighted by molar-refractivity contribution is 5.39. The molecule has 3 rings (SSSR count). The Labute approximate surface area is 135 Å². The lowest BCUT2D eigenvalue weighted by Gasteiger charge is -2.29. The van der Waals surface area contributed by atoms with E-state index in [0.29, 0.717) is 18.7 Å². The van der Waals surface area contributed by atoms with Gasteiger partial charge in [0.25, 0.3) is 0 Å². The van der Waals surface area contributed by atoms with E-state index < -0.39 is 5.82 Å². The van der Waals surface area contributed by atoms with Crippen molar-refractivity contribution in [3.63, 3.8) is 0 Å². The largest absolute Gasteiger partial charge is 0.395 e. The Morgan fingerprint density at radius 2 is 2.09 bits per heavy atom. The first-order chi connectivity index (χ1) is 11.2. The predicted molar refractivity (Wildman–Crippen MR) is 86.1 cm³/mol. The molecule has 3 nitrogen and oxygen atoms in total. The van der Waals surface area contributed by atoms with Crippen molar-refractivity contribution in [2.45, 2.75) is 25.4 Å². The Morgan fingerprint density at radius 1 is 1.26 bits per heavy atom. The SMILES string of the molecule is N#Cc1cc(F)ccc1CN(CCO)C1CCc2ccccc21. The summed E-state index contributed by atoms with van der Waals surface area (Å²) >= 11 is 0. The molecule has 0 spiro atoms. The highest BCUT2D eigenvalue weighted by atomic mass is 19.1. The van der Waals surface area contributed by atoms with Gasteiger partial charge in [-0.2, -0.15) is 5.26 Å². The summed E-state index contributed by atoms with van der Waals surface area (Å²) < 4.78 is 13.3. The van der Waals surface area contributed by atoms with Gasteiger partial charge in [0.15, 0.2) is 0 Å². The molecule has 118 valence electrons. The van der Waals surface area contributed by atoms with Gasteiger partial charge in [-0.3, -0.25) is 4.90 Å².